The standard InChI is InChI=1S/C34H26O8/c1-34-15-24(22-8-6-21(37)14-29(22)42-34)31-25(16-34)32-28(40)10-17(2-3-18-4-5-19(35)12-26(18)38)11-30(32)41-33(31)23-9-7-20(36)13-27(23)39/h2-14,24,35-39H,15-16H2,1H3/b3-2-. The van der Waals surface area contributed by atoms with Gasteiger partial charge in [0.1, 0.15) is 51.6 Å². The highest BCUT2D eigenvalue weighted by molar-refractivity contribution is 5.81. The number of hydrogen-bond acceptors (Lipinski definition) is 8. The van der Waals surface area contributed by atoms with Crippen LogP contribution in [0.1, 0.15) is 47.1 Å². The number of phenols is 5. The van der Waals surface area contributed by atoms with Gasteiger partial charge in [0.15, 0.2) is 5.43 Å². The summed E-state index contributed by atoms with van der Waals surface area (Å²) in [5, 5.41) is 50.8. The van der Waals surface area contributed by atoms with Gasteiger partial charge in [-0.25, -0.2) is 0 Å². The van der Waals surface area contributed by atoms with Crippen molar-refractivity contribution in [2.45, 2.75) is 31.3 Å². The first kappa shape index (κ1) is 25.6. The monoisotopic (exact) mass is 562 g/mol. The quantitative estimate of drug-likeness (QED) is 0.161. The van der Waals surface area contributed by atoms with Crippen LogP contribution in [-0.4, -0.2) is 31.1 Å². The fourth-order valence-corrected chi connectivity index (χ4v) is 6.33. The van der Waals surface area contributed by atoms with Gasteiger partial charge in [0, 0.05) is 47.2 Å². The molecule has 3 aromatic carbocycles. The molecule has 2 atom stereocenters. The number of phenolic OH excluding ortho intramolecular Hbond substituents is 5. The average molecular weight is 563 g/mol. The Hall–Kier alpha value is -5.37. The Morgan fingerprint density at radius 1 is 0.833 bits per heavy atom. The molecule has 0 fully saturated rings. The highest BCUT2D eigenvalue weighted by Crippen LogP contribution is 2.55. The zero-order valence-electron chi connectivity index (χ0n) is 22.5. The molecule has 8 heteroatoms. The van der Waals surface area contributed by atoms with Crippen LogP contribution in [0, 0.1) is 0 Å². The minimum atomic E-state index is -0.664. The SMILES string of the molecule is CC12Cc3c(c(-c4ccc(O)cc4O)oc4cc(/C=C\c5ccc(O)cc5O)cc(=O)c3-4)C(C1)c1ccc(O)cc1O2. The summed E-state index contributed by atoms with van der Waals surface area (Å²) in [4.78, 5) is 13.7. The molecule has 210 valence electrons. The number of rotatable bonds is 3. The van der Waals surface area contributed by atoms with Crippen LogP contribution >= 0.6 is 0 Å². The molecule has 0 aromatic heterocycles. The molecule has 2 aliphatic heterocycles. The number of aromatic hydroxyl groups is 5. The number of ether oxygens (including phenoxy) is 1. The van der Waals surface area contributed by atoms with Crippen LogP contribution < -0.4 is 10.2 Å². The van der Waals surface area contributed by atoms with Crippen molar-refractivity contribution in [1.29, 1.82) is 0 Å². The molecule has 0 saturated carbocycles. The molecular formula is C34H26O8. The topological polar surface area (TPSA) is 141 Å². The molecule has 2 heterocycles. The van der Waals surface area contributed by atoms with Crippen LogP contribution in [0.3, 0.4) is 0 Å². The molecule has 0 radical (unpaired) electrons. The van der Waals surface area contributed by atoms with Crippen LogP contribution in [0.5, 0.6) is 34.5 Å². The lowest BCUT2D eigenvalue weighted by Gasteiger charge is -2.46. The van der Waals surface area contributed by atoms with Crippen molar-refractivity contribution in [3.63, 3.8) is 0 Å². The largest absolute Gasteiger partial charge is 0.508 e. The molecule has 5 N–H and O–H groups in total. The van der Waals surface area contributed by atoms with Gasteiger partial charge in [-0.05, 0) is 66.9 Å². The molecule has 0 amide bonds. The van der Waals surface area contributed by atoms with Crippen LogP contribution in [-0.2, 0) is 6.42 Å². The van der Waals surface area contributed by atoms with Crippen molar-refractivity contribution < 1.29 is 34.7 Å². The van der Waals surface area contributed by atoms with Gasteiger partial charge in [-0.1, -0.05) is 18.2 Å². The Morgan fingerprint density at radius 3 is 2.31 bits per heavy atom. The molecule has 3 aromatic rings. The van der Waals surface area contributed by atoms with Crippen LogP contribution in [0.25, 0.3) is 34.8 Å². The van der Waals surface area contributed by atoms with E-state index < -0.39 is 5.60 Å². The third kappa shape index (κ3) is 4.11. The third-order valence-electron chi connectivity index (χ3n) is 8.13. The minimum absolute atomic E-state index is 0.0624. The van der Waals surface area contributed by atoms with Crippen molar-refractivity contribution in [2.75, 3.05) is 0 Å². The minimum Gasteiger partial charge on any atom is -0.508 e. The molecule has 42 heavy (non-hydrogen) atoms. The van der Waals surface area contributed by atoms with Gasteiger partial charge in [0.05, 0.1) is 11.1 Å². The third-order valence-corrected chi connectivity index (χ3v) is 8.13. The first-order valence-electron chi connectivity index (χ1n) is 13.5. The summed E-state index contributed by atoms with van der Waals surface area (Å²) < 4.78 is 12.9. The smallest absolute Gasteiger partial charge is 0.190 e. The Kier molecular flexibility index (Phi) is 5.53. The van der Waals surface area contributed by atoms with E-state index in [1.807, 2.05) is 6.92 Å². The summed E-state index contributed by atoms with van der Waals surface area (Å²) in [7, 11) is 0. The summed E-state index contributed by atoms with van der Waals surface area (Å²) in [6, 6.07) is 16.8. The first-order valence-corrected chi connectivity index (χ1v) is 13.5. The maximum Gasteiger partial charge on any atom is 0.190 e. The summed E-state index contributed by atoms with van der Waals surface area (Å²) in [5.41, 5.74) is 3.20. The molecule has 0 saturated heterocycles. The van der Waals surface area contributed by atoms with E-state index in [1.165, 1.54) is 30.3 Å². The maximum absolute atomic E-state index is 13.7. The van der Waals surface area contributed by atoms with Crippen molar-refractivity contribution >= 4 is 12.2 Å². The van der Waals surface area contributed by atoms with E-state index in [2.05, 4.69) is 0 Å². The molecule has 2 aliphatic carbocycles. The number of hydrogen-bond donors (Lipinski definition) is 5. The van der Waals surface area contributed by atoms with Crippen LogP contribution in [0.4, 0.5) is 0 Å². The Bertz CT molecular complexity index is 1970. The van der Waals surface area contributed by atoms with Gasteiger partial charge in [-0.3, -0.25) is 4.79 Å². The zero-order chi connectivity index (χ0) is 29.3. The van der Waals surface area contributed by atoms with E-state index in [-0.39, 0.29) is 40.1 Å². The summed E-state index contributed by atoms with van der Waals surface area (Å²) in [6.07, 6.45) is 4.28. The van der Waals surface area contributed by atoms with Gasteiger partial charge in [0.2, 0.25) is 0 Å². The molecule has 2 unspecified atom stereocenters. The summed E-state index contributed by atoms with van der Waals surface area (Å²) in [5.74, 6) is 0.633. The predicted molar refractivity (Wildman–Crippen MR) is 156 cm³/mol. The molecule has 4 aliphatic rings. The summed E-state index contributed by atoms with van der Waals surface area (Å²) >= 11 is 0. The van der Waals surface area contributed by atoms with E-state index in [9.17, 15) is 30.3 Å². The zero-order valence-corrected chi connectivity index (χ0v) is 22.5. The van der Waals surface area contributed by atoms with E-state index in [1.54, 1.807) is 48.6 Å². The van der Waals surface area contributed by atoms with Gasteiger partial charge in [-0.2, -0.15) is 0 Å². The van der Waals surface area contributed by atoms with Gasteiger partial charge in [0.25, 0.3) is 0 Å². The molecule has 2 bridgehead atoms. The van der Waals surface area contributed by atoms with Crippen molar-refractivity contribution in [3.05, 3.63) is 105 Å². The van der Waals surface area contributed by atoms with E-state index in [4.69, 9.17) is 9.15 Å². The van der Waals surface area contributed by atoms with Crippen molar-refractivity contribution in [3.8, 4) is 57.1 Å². The Morgan fingerprint density at radius 2 is 1.55 bits per heavy atom. The lowest BCUT2D eigenvalue weighted by molar-refractivity contribution is 0.0503. The fourth-order valence-electron chi connectivity index (χ4n) is 6.33. The van der Waals surface area contributed by atoms with Crippen LogP contribution in [0.15, 0.2) is 75.9 Å². The molecule has 0 spiro atoms. The first-order chi connectivity index (χ1) is 20.1. The highest BCUT2D eigenvalue weighted by atomic mass is 16.5. The van der Waals surface area contributed by atoms with Gasteiger partial charge in [-0.15, -0.1) is 0 Å². The lowest BCUT2D eigenvalue weighted by atomic mass is 9.68. The van der Waals surface area contributed by atoms with E-state index in [0.29, 0.717) is 52.4 Å². The molecular weight excluding hydrogens is 536 g/mol. The second-order valence-corrected chi connectivity index (χ2v) is 11.2. The van der Waals surface area contributed by atoms with Crippen molar-refractivity contribution in [2.24, 2.45) is 0 Å². The number of fused-ring (bicyclic) bond motifs is 8. The predicted octanol–water partition coefficient (Wildman–Crippen LogP) is 6.34. The van der Waals surface area contributed by atoms with E-state index in [0.717, 1.165) is 16.7 Å². The molecule has 7 rings (SSSR count). The Balaban J connectivity index is 1.48. The normalized spacial score (nSPS) is 18.9. The Labute approximate surface area is 240 Å². The second kappa shape index (κ2) is 9.07. The summed E-state index contributed by atoms with van der Waals surface area (Å²) in [6.45, 7) is 1.98. The number of benzene rings is 4. The fraction of sp³-hybridized carbons (Fsp3) is 0.147. The average Bonchev–Trinajstić information content (AvgIpc) is 2.91. The van der Waals surface area contributed by atoms with Crippen LogP contribution in [0.2, 0.25) is 0 Å². The highest BCUT2D eigenvalue weighted by Gasteiger charge is 2.47. The second-order valence-electron chi connectivity index (χ2n) is 11.2. The van der Waals surface area contributed by atoms with Gasteiger partial charge >= 0.3 is 0 Å². The van der Waals surface area contributed by atoms with Gasteiger partial charge < -0.3 is 34.7 Å². The van der Waals surface area contributed by atoms with E-state index >= 15 is 0 Å². The molecule has 8 nitrogen and oxygen atoms in total. The van der Waals surface area contributed by atoms with Crippen molar-refractivity contribution in [1.82, 2.24) is 0 Å². The lowest BCUT2D eigenvalue weighted by Crippen LogP contribution is -2.44. The maximum atomic E-state index is 13.7.